The van der Waals surface area contributed by atoms with Gasteiger partial charge in [-0.2, -0.15) is 8.78 Å². The highest BCUT2D eigenvalue weighted by Gasteiger charge is 2.19. The number of para-hydroxylation sites is 1. The molecule has 2 N–H and O–H groups in total. The molecule has 0 amide bonds. The van der Waals surface area contributed by atoms with Gasteiger partial charge < -0.3 is 20.1 Å². The first kappa shape index (κ1) is 18.3. The first-order valence-electron chi connectivity index (χ1n) is 8.25. The molecule has 0 aromatic heterocycles. The van der Waals surface area contributed by atoms with E-state index in [0.29, 0.717) is 24.0 Å². The van der Waals surface area contributed by atoms with E-state index in [1.54, 1.807) is 25.1 Å². The van der Waals surface area contributed by atoms with Crippen LogP contribution in [0.1, 0.15) is 32.3 Å². The number of guanidine groups is 1. The molecule has 0 saturated carbocycles. The summed E-state index contributed by atoms with van der Waals surface area (Å²) in [5, 5.41) is 0. The van der Waals surface area contributed by atoms with Crippen molar-refractivity contribution < 1.29 is 18.3 Å². The van der Waals surface area contributed by atoms with Crippen LogP contribution in [0.15, 0.2) is 23.2 Å². The van der Waals surface area contributed by atoms with Gasteiger partial charge in [0.05, 0.1) is 13.2 Å². The highest BCUT2D eigenvalue weighted by molar-refractivity contribution is 5.78. The summed E-state index contributed by atoms with van der Waals surface area (Å²) in [6.45, 7) is 3.31. The van der Waals surface area contributed by atoms with Crippen molar-refractivity contribution in [2.24, 2.45) is 16.6 Å². The number of piperidine rings is 1. The van der Waals surface area contributed by atoms with Crippen LogP contribution in [0.5, 0.6) is 11.5 Å². The molecular weight excluding hydrogens is 316 g/mol. The number of halogens is 2. The SMILES string of the molecule is CCOc1cccc(CN=C(N)N2CCCC(C)C2)c1OC(F)F. The third kappa shape index (κ3) is 4.97. The van der Waals surface area contributed by atoms with Gasteiger partial charge in [0.15, 0.2) is 17.5 Å². The Labute approximate surface area is 141 Å². The Morgan fingerprint density at radius 1 is 1.46 bits per heavy atom. The standard InChI is InChI=1S/C17H25F2N3O2/c1-3-23-14-8-4-7-13(15(14)24-16(18)19)10-21-17(20)22-9-5-6-12(2)11-22/h4,7-8,12,16H,3,5-6,9-11H2,1-2H3,(H2,20,21). The molecule has 0 spiro atoms. The Balaban J connectivity index is 2.15. The molecule has 1 aromatic carbocycles. The minimum Gasteiger partial charge on any atom is -0.490 e. The smallest absolute Gasteiger partial charge is 0.387 e. The van der Waals surface area contributed by atoms with Gasteiger partial charge in [0.2, 0.25) is 0 Å². The van der Waals surface area contributed by atoms with Crippen molar-refractivity contribution in [2.45, 2.75) is 39.8 Å². The average Bonchev–Trinajstić information content (AvgIpc) is 2.54. The number of hydrogen-bond acceptors (Lipinski definition) is 3. The lowest BCUT2D eigenvalue weighted by Gasteiger charge is -2.31. The van der Waals surface area contributed by atoms with Crippen molar-refractivity contribution in [1.82, 2.24) is 4.90 Å². The van der Waals surface area contributed by atoms with Gasteiger partial charge in [0.25, 0.3) is 0 Å². The van der Waals surface area contributed by atoms with E-state index in [0.717, 1.165) is 19.5 Å². The van der Waals surface area contributed by atoms with Crippen LogP contribution in [0.4, 0.5) is 8.78 Å². The molecule has 1 unspecified atom stereocenters. The number of rotatable bonds is 6. The summed E-state index contributed by atoms with van der Waals surface area (Å²) in [4.78, 5) is 6.40. The van der Waals surface area contributed by atoms with Gasteiger partial charge in [-0.1, -0.05) is 19.1 Å². The third-order valence-electron chi connectivity index (χ3n) is 3.96. The van der Waals surface area contributed by atoms with Crippen LogP contribution in [0, 0.1) is 5.92 Å². The predicted molar refractivity (Wildman–Crippen MR) is 89.5 cm³/mol. The highest BCUT2D eigenvalue weighted by Crippen LogP contribution is 2.33. The number of benzene rings is 1. The van der Waals surface area contributed by atoms with E-state index in [4.69, 9.17) is 10.5 Å². The second-order valence-electron chi connectivity index (χ2n) is 5.92. The summed E-state index contributed by atoms with van der Waals surface area (Å²) in [6.07, 6.45) is 2.27. The molecule has 0 aliphatic carbocycles. The molecule has 134 valence electrons. The number of nitrogens with zero attached hydrogens (tertiary/aromatic N) is 2. The van der Waals surface area contributed by atoms with Gasteiger partial charge in [-0.25, -0.2) is 4.99 Å². The summed E-state index contributed by atoms with van der Waals surface area (Å²) < 4.78 is 35.4. The van der Waals surface area contributed by atoms with Gasteiger partial charge in [0, 0.05) is 18.7 Å². The topological polar surface area (TPSA) is 60.1 Å². The van der Waals surface area contributed by atoms with Crippen molar-refractivity contribution in [3.63, 3.8) is 0 Å². The number of nitrogens with two attached hydrogens (primary N) is 1. The summed E-state index contributed by atoms with van der Waals surface area (Å²) in [5.41, 5.74) is 6.58. The van der Waals surface area contributed by atoms with Crippen LogP contribution in [0.25, 0.3) is 0 Å². The molecule has 1 aliphatic rings. The Kier molecular flexibility index (Phi) is 6.63. The maximum atomic E-state index is 12.7. The lowest BCUT2D eigenvalue weighted by Crippen LogP contribution is -2.43. The summed E-state index contributed by atoms with van der Waals surface area (Å²) in [7, 11) is 0. The fourth-order valence-electron chi connectivity index (χ4n) is 2.84. The van der Waals surface area contributed by atoms with Crippen LogP contribution < -0.4 is 15.2 Å². The first-order valence-corrected chi connectivity index (χ1v) is 8.25. The number of alkyl halides is 2. The molecule has 0 radical (unpaired) electrons. The third-order valence-corrected chi connectivity index (χ3v) is 3.96. The summed E-state index contributed by atoms with van der Waals surface area (Å²) >= 11 is 0. The van der Waals surface area contributed by atoms with Crippen LogP contribution in [-0.4, -0.2) is 37.2 Å². The fourth-order valence-corrected chi connectivity index (χ4v) is 2.84. The van der Waals surface area contributed by atoms with E-state index in [2.05, 4.69) is 16.7 Å². The van der Waals surface area contributed by atoms with E-state index in [9.17, 15) is 8.78 Å². The minimum absolute atomic E-state index is 0.0258. The molecule has 5 nitrogen and oxygen atoms in total. The lowest BCUT2D eigenvalue weighted by molar-refractivity contribution is -0.0520. The molecule has 1 atom stereocenters. The average molecular weight is 341 g/mol. The van der Waals surface area contributed by atoms with E-state index >= 15 is 0 Å². The fraction of sp³-hybridized carbons (Fsp3) is 0.588. The number of likely N-dealkylation sites (tertiary alicyclic amines) is 1. The Bertz CT molecular complexity index is 567. The second-order valence-corrected chi connectivity index (χ2v) is 5.92. The lowest BCUT2D eigenvalue weighted by atomic mass is 10.0. The van der Waals surface area contributed by atoms with Gasteiger partial charge in [-0.05, 0) is 31.7 Å². The van der Waals surface area contributed by atoms with Crippen molar-refractivity contribution in [3.05, 3.63) is 23.8 Å². The Morgan fingerprint density at radius 3 is 2.92 bits per heavy atom. The van der Waals surface area contributed by atoms with Gasteiger partial charge in [0.1, 0.15) is 0 Å². The molecule has 0 bridgehead atoms. The van der Waals surface area contributed by atoms with Crippen LogP contribution in [0.3, 0.4) is 0 Å². The molecular formula is C17H25F2N3O2. The number of hydrogen-bond donors (Lipinski definition) is 1. The molecule has 2 rings (SSSR count). The van der Waals surface area contributed by atoms with E-state index in [1.807, 2.05) is 4.90 Å². The molecule has 1 aromatic rings. The second kappa shape index (κ2) is 8.70. The molecule has 1 aliphatic heterocycles. The monoisotopic (exact) mass is 341 g/mol. The van der Waals surface area contributed by atoms with E-state index in [-0.39, 0.29) is 18.0 Å². The van der Waals surface area contributed by atoms with Crippen molar-refractivity contribution in [1.29, 1.82) is 0 Å². The maximum Gasteiger partial charge on any atom is 0.387 e. The molecule has 1 saturated heterocycles. The van der Waals surface area contributed by atoms with Crippen molar-refractivity contribution in [2.75, 3.05) is 19.7 Å². The van der Waals surface area contributed by atoms with Gasteiger partial charge >= 0.3 is 6.61 Å². The van der Waals surface area contributed by atoms with E-state index in [1.165, 1.54) is 6.42 Å². The first-order chi connectivity index (χ1) is 11.5. The summed E-state index contributed by atoms with van der Waals surface area (Å²) in [6, 6.07) is 5.02. The van der Waals surface area contributed by atoms with Crippen molar-refractivity contribution >= 4 is 5.96 Å². The number of aliphatic imine (C=N–C) groups is 1. The zero-order valence-electron chi connectivity index (χ0n) is 14.2. The van der Waals surface area contributed by atoms with Gasteiger partial charge in [-0.15, -0.1) is 0 Å². The minimum atomic E-state index is -2.92. The normalized spacial score (nSPS) is 18.8. The zero-order chi connectivity index (χ0) is 17.5. The van der Waals surface area contributed by atoms with Crippen molar-refractivity contribution in [3.8, 4) is 11.5 Å². The summed E-state index contributed by atoms with van der Waals surface area (Å²) in [5.74, 6) is 1.33. The van der Waals surface area contributed by atoms with Crippen LogP contribution in [-0.2, 0) is 6.54 Å². The van der Waals surface area contributed by atoms with Crippen LogP contribution in [0.2, 0.25) is 0 Å². The Morgan fingerprint density at radius 2 is 2.25 bits per heavy atom. The molecule has 7 heteroatoms. The van der Waals surface area contributed by atoms with Crippen LogP contribution >= 0.6 is 0 Å². The predicted octanol–water partition coefficient (Wildman–Crippen LogP) is 3.23. The molecule has 1 fully saturated rings. The van der Waals surface area contributed by atoms with E-state index < -0.39 is 6.61 Å². The quantitative estimate of drug-likeness (QED) is 0.637. The number of ether oxygens (including phenoxy) is 2. The van der Waals surface area contributed by atoms with Gasteiger partial charge in [-0.3, -0.25) is 0 Å². The molecule has 1 heterocycles. The Hall–Kier alpha value is -2.05. The largest absolute Gasteiger partial charge is 0.490 e. The molecule has 24 heavy (non-hydrogen) atoms. The maximum absolute atomic E-state index is 12.7. The highest BCUT2D eigenvalue weighted by atomic mass is 19.3. The zero-order valence-corrected chi connectivity index (χ0v) is 14.2.